The van der Waals surface area contributed by atoms with E-state index in [1.807, 2.05) is 0 Å². The summed E-state index contributed by atoms with van der Waals surface area (Å²) in [5.74, 6) is 4.65. The van der Waals surface area contributed by atoms with E-state index in [-0.39, 0.29) is 27.5 Å². The van der Waals surface area contributed by atoms with Crippen LogP contribution in [-0.2, 0) is 20.1 Å². The first-order valence-corrected chi connectivity index (χ1v) is 8.91. The van der Waals surface area contributed by atoms with Crippen LogP contribution < -0.4 is 10.4 Å². The van der Waals surface area contributed by atoms with Crippen molar-refractivity contribution in [1.29, 1.82) is 0 Å². The quantitative estimate of drug-likeness (QED) is 0.324. The van der Waals surface area contributed by atoms with E-state index in [0.717, 1.165) is 0 Å². The molecule has 3 aromatic carbocycles. The Hall–Kier alpha value is -2.02. The largest absolute Gasteiger partial charge is 0.358 e. The molecule has 0 fully saturated rings. The van der Waals surface area contributed by atoms with Gasteiger partial charge in [0, 0.05) is 31.5 Å². The van der Waals surface area contributed by atoms with E-state index in [1.165, 1.54) is 28.7 Å². The Balaban J connectivity index is 0.00000131. The zero-order valence-corrected chi connectivity index (χ0v) is 18.2. The number of nitrogens with zero attached hydrogens (tertiary/aromatic N) is 1. The van der Waals surface area contributed by atoms with Gasteiger partial charge in [0.2, 0.25) is 0 Å². The molecule has 0 unspecified atom stereocenters. The number of benzene rings is 3. The maximum atomic E-state index is 3.45. The Labute approximate surface area is 178 Å². The standard InChI is InChI=1S/C22H20B2N.CH3.Ir/c1-23-15-16-24(18-23)19-9-8-14-22(17-19)25(20-10-4-2-5-11-20)21-12-6-3-7-13-21;;/h2-8,10-17H,18H2,1H3;1H3;/q2*-1;. The molecule has 0 atom stereocenters. The first kappa shape index (κ1) is 21.3. The third-order valence-corrected chi connectivity index (χ3v) is 4.79. The molecule has 0 saturated heterocycles. The number of rotatable bonds is 4. The minimum atomic E-state index is 0. The summed E-state index contributed by atoms with van der Waals surface area (Å²) in [6, 6.07) is 31.0. The van der Waals surface area contributed by atoms with Gasteiger partial charge in [-0.25, -0.2) is 0 Å². The second-order valence-corrected chi connectivity index (χ2v) is 6.71. The second kappa shape index (κ2) is 9.78. The molecule has 0 aliphatic carbocycles. The molecule has 3 aromatic rings. The monoisotopic (exact) mass is 528 g/mol. The van der Waals surface area contributed by atoms with E-state index < -0.39 is 0 Å². The van der Waals surface area contributed by atoms with Crippen molar-refractivity contribution in [1.82, 2.24) is 0 Å². The maximum absolute atomic E-state index is 3.45. The fourth-order valence-corrected chi connectivity index (χ4v) is 3.54. The van der Waals surface area contributed by atoms with Crippen molar-refractivity contribution in [3.05, 3.63) is 104 Å². The van der Waals surface area contributed by atoms with E-state index >= 15 is 0 Å². The van der Waals surface area contributed by atoms with Gasteiger partial charge < -0.3 is 12.3 Å². The predicted octanol–water partition coefficient (Wildman–Crippen LogP) is 5.42. The summed E-state index contributed by atoms with van der Waals surface area (Å²) in [5.41, 5.74) is 4.79. The average molecular weight is 527 g/mol. The van der Waals surface area contributed by atoms with E-state index in [0.29, 0.717) is 13.4 Å². The number of para-hydroxylation sites is 2. The van der Waals surface area contributed by atoms with Crippen LogP contribution in [0.15, 0.2) is 90.8 Å². The van der Waals surface area contributed by atoms with Gasteiger partial charge in [0.05, 0.1) is 0 Å². The molecular formula is C23H23B2IrN-2. The van der Waals surface area contributed by atoms with Crippen molar-refractivity contribution in [2.45, 2.75) is 13.0 Å². The summed E-state index contributed by atoms with van der Waals surface area (Å²) in [6.45, 7) is 3.41. The molecule has 0 bridgehead atoms. The maximum Gasteiger partial charge on any atom is 0.166 e. The van der Waals surface area contributed by atoms with Crippen LogP contribution >= 0.6 is 0 Å². The molecule has 1 radical (unpaired) electrons. The molecule has 0 saturated carbocycles. The molecule has 4 heteroatoms. The number of anilines is 3. The molecule has 27 heavy (non-hydrogen) atoms. The molecule has 1 nitrogen and oxygen atoms in total. The van der Waals surface area contributed by atoms with Crippen LogP contribution in [0.25, 0.3) is 0 Å². The van der Waals surface area contributed by atoms with Crippen molar-refractivity contribution in [3.8, 4) is 0 Å². The van der Waals surface area contributed by atoms with Gasteiger partial charge in [0.15, 0.2) is 13.4 Å². The van der Waals surface area contributed by atoms with Crippen LogP contribution in [0.3, 0.4) is 0 Å². The minimum Gasteiger partial charge on any atom is -0.358 e. The first-order chi connectivity index (χ1) is 12.3. The minimum absolute atomic E-state index is 0. The molecule has 4 rings (SSSR count). The van der Waals surface area contributed by atoms with E-state index in [4.69, 9.17) is 0 Å². The Morgan fingerprint density at radius 2 is 1.41 bits per heavy atom. The molecule has 0 amide bonds. The van der Waals surface area contributed by atoms with E-state index in [2.05, 4.69) is 109 Å². The van der Waals surface area contributed by atoms with Gasteiger partial charge in [-0.3, -0.25) is 0 Å². The van der Waals surface area contributed by atoms with E-state index in [1.54, 1.807) is 0 Å². The van der Waals surface area contributed by atoms with Gasteiger partial charge in [-0.05, 0) is 24.3 Å². The van der Waals surface area contributed by atoms with Crippen LogP contribution in [0.5, 0.6) is 0 Å². The summed E-state index contributed by atoms with van der Waals surface area (Å²) in [6.07, 6.45) is 1.18. The molecular weight excluding hydrogens is 504 g/mol. The van der Waals surface area contributed by atoms with Crippen LogP contribution in [0.1, 0.15) is 0 Å². The SMILES string of the molecule is CB1C=CB(c2[c-]ccc(N(c3ccccc3)c3ccccc3)c2)C1.[CH3-].[Ir]. The summed E-state index contributed by atoms with van der Waals surface area (Å²) >= 11 is 0. The summed E-state index contributed by atoms with van der Waals surface area (Å²) in [5, 5.41) is 0. The second-order valence-electron chi connectivity index (χ2n) is 6.71. The normalized spacial score (nSPS) is 12.3. The smallest absolute Gasteiger partial charge is 0.166 e. The number of hydrogen-bond acceptors (Lipinski definition) is 1. The molecule has 1 heterocycles. The Morgan fingerprint density at radius 1 is 0.815 bits per heavy atom. The molecule has 1 aliphatic heterocycles. The third kappa shape index (κ3) is 4.83. The predicted molar refractivity (Wildman–Crippen MR) is 117 cm³/mol. The Kier molecular flexibility index (Phi) is 7.71. The zero-order chi connectivity index (χ0) is 17.1. The summed E-state index contributed by atoms with van der Waals surface area (Å²) in [7, 11) is 0. The zero-order valence-electron chi connectivity index (χ0n) is 15.8. The molecule has 137 valence electrons. The van der Waals surface area contributed by atoms with Gasteiger partial charge in [0.1, 0.15) is 0 Å². The van der Waals surface area contributed by atoms with Crippen LogP contribution in [0.4, 0.5) is 17.1 Å². The molecule has 0 aromatic heterocycles. The van der Waals surface area contributed by atoms with E-state index in [9.17, 15) is 0 Å². The van der Waals surface area contributed by atoms with Gasteiger partial charge in [-0.1, -0.05) is 55.1 Å². The molecule has 0 N–H and O–H groups in total. The Morgan fingerprint density at radius 3 is 1.93 bits per heavy atom. The fraction of sp³-hybridized carbons (Fsp3) is 0.0870. The van der Waals surface area contributed by atoms with Gasteiger partial charge >= 0.3 is 0 Å². The molecule has 0 spiro atoms. The van der Waals surface area contributed by atoms with Gasteiger partial charge in [-0.2, -0.15) is 23.7 Å². The fourth-order valence-electron chi connectivity index (χ4n) is 3.54. The van der Waals surface area contributed by atoms with Crippen molar-refractivity contribution >= 4 is 36.0 Å². The first-order valence-electron chi connectivity index (χ1n) is 8.91. The number of hydrogen-bond donors (Lipinski definition) is 0. The van der Waals surface area contributed by atoms with Crippen molar-refractivity contribution in [2.75, 3.05) is 4.90 Å². The van der Waals surface area contributed by atoms with Crippen molar-refractivity contribution < 1.29 is 20.1 Å². The molecule has 1 aliphatic rings. The average Bonchev–Trinajstić information content (AvgIpc) is 3.11. The van der Waals surface area contributed by atoms with Crippen LogP contribution in [-0.4, -0.2) is 13.4 Å². The van der Waals surface area contributed by atoms with Crippen molar-refractivity contribution in [3.63, 3.8) is 0 Å². The Bertz CT molecular complexity index is 828. The van der Waals surface area contributed by atoms with Crippen molar-refractivity contribution in [2.24, 2.45) is 0 Å². The summed E-state index contributed by atoms with van der Waals surface area (Å²) < 4.78 is 0. The summed E-state index contributed by atoms with van der Waals surface area (Å²) in [4.78, 5) is 2.30. The van der Waals surface area contributed by atoms with Crippen LogP contribution in [0, 0.1) is 13.5 Å². The topological polar surface area (TPSA) is 3.24 Å². The van der Waals surface area contributed by atoms with Gasteiger partial charge in [0.25, 0.3) is 0 Å². The van der Waals surface area contributed by atoms with Crippen LogP contribution in [0.2, 0.25) is 13.0 Å². The third-order valence-electron chi connectivity index (χ3n) is 4.79. The van der Waals surface area contributed by atoms with Gasteiger partial charge in [-0.15, -0.1) is 18.0 Å².